The Morgan fingerprint density at radius 3 is 1.38 bits per heavy atom. The van der Waals surface area contributed by atoms with Crippen LogP contribution in [0, 0.1) is 0 Å². The Kier molecular flexibility index (Phi) is 3.49. The van der Waals surface area contributed by atoms with Gasteiger partial charge in [-0.15, -0.1) is 0 Å². The smallest absolute Gasteiger partial charge is 0.116 e. The van der Waals surface area contributed by atoms with Crippen LogP contribution in [-0.4, -0.2) is 24.1 Å². The number of hydrogen-bond donors (Lipinski definition) is 0. The molecule has 5 heteroatoms. The largest absolute Gasteiger partial charge is 0.306 e. The van der Waals surface area contributed by atoms with Crippen molar-refractivity contribution < 1.29 is 0 Å². The summed E-state index contributed by atoms with van der Waals surface area (Å²) in [6.07, 6.45) is 3.66. The van der Waals surface area contributed by atoms with Gasteiger partial charge in [-0.2, -0.15) is 0 Å². The summed E-state index contributed by atoms with van der Waals surface area (Å²) in [5, 5.41) is 0. The SMILES string of the molecule is c1ccc(-n2c3cccnc3c3nc4c5ncccc5n(-c5ccccc5)c4cc32)cc1. The van der Waals surface area contributed by atoms with Gasteiger partial charge in [-0.25, -0.2) is 4.98 Å². The van der Waals surface area contributed by atoms with Crippen molar-refractivity contribution in [1.29, 1.82) is 0 Å². The number of benzene rings is 2. The van der Waals surface area contributed by atoms with Gasteiger partial charge < -0.3 is 9.13 Å². The molecule has 0 atom stereocenters. The van der Waals surface area contributed by atoms with Crippen molar-refractivity contribution >= 4 is 44.1 Å². The molecule has 0 radical (unpaired) electrons. The first-order valence-corrected chi connectivity index (χ1v) is 10.6. The van der Waals surface area contributed by atoms with Gasteiger partial charge in [-0.3, -0.25) is 9.97 Å². The maximum Gasteiger partial charge on any atom is 0.116 e. The summed E-state index contributed by atoms with van der Waals surface area (Å²) in [6, 6.07) is 31.1. The van der Waals surface area contributed by atoms with Crippen molar-refractivity contribution in [3.05, 3.63) is 103 Å². The molecule has 0 bridgehead atoms. The molecule has 0 fully saturated rings. The number of rotatable bonds is 2. The van der Waals surface area contributed by atoms with Crippen molar-refractivity contribution in [2.24, 2.45) is 0 Å². The molecule has 32 heavy (non-hydrogen) atoms. The standard InChI is InChI=1S/C27H17N5/c1-3-9-18(10-4-1)31-20-13-7-15-28-24(20)26-22(31)17-23-27(30-26)25-21(14-8-16-29-25)32(23)19-11-5-2-6-12-19/h1-17H. The van der Waals surface area contributed by atoms with Crippen LogP contribution in [0.15, 0.2) is 103 Å². The number of fused-ring (bicyclic) bond motifs is 6. The Balaban J connectivity index is 1.71. The molecule has 0 N–H and O–H groups in total. The maximum absolute atomic E-state index is 5.16. The van der Waals surface area contributed by atoms with Gasteiger partial charge in [0.2, 0.25) is 0 Å². The Labute approximate surface area is 183 Å². The van der Waals surface area contributed by atoms with Crippen molar-refractivity contribution in [2.75, 3.05) is 0 Å². The molecule has 0 saturated heterocycles. The van der Waals surface area contributed by atoms with Gasteiger partial charge in [0.15, 0.2) is 0 Å². The van der Waals surface area contributed by atoms with E-state index >= 15 is 0 Å². The molecule has 5 nitrogen and oxygen atoms in total. The molecule has 0 aliphatic heterocycles. The highest BCUT2D eigenvalue weighted by atomic mass is 15.1. The Morgan fingerprint density at radius 2 is 0.906 bits per heavy atom. The molecule has 0 saturated carbocycles. The first-order chi connectivity index (χ1) is 15.9. The minimum atomic E-state index is 0.884. The van der Waals surface area contributed by atoms with Gasteiger partial charge in [0.05, 0.1) is 22.1 Å². The maximum atomic E-state index is 5.16. The van der Waals surface area contributed by atoms with E-state index in [-0.39, 0.29) is 0 Å². The minimum absolute atomic E-state index is 0.884. The summed E-state index contributed by atoms with van der Waals surface area (Å²) in [5.41, 5.74) is 9.85. The monoisotopic (exact) mass is 411 g/mol. The van der Waals surface area contributed by atoms with E-state index in [1.165, 1.54) is 0 Å². The first-order valence-electron chi connectivity index (χ1n) is 10.6. The zero-order chi connectivity index (χ0) is 21.1. The van der Waals surface area contributed by atoms with Crippen LogP contribution in [0.3, 0.4) is 0 Å². The molecule has 5 aromatic heterocycles. The highest BCUT2D eigenvalue weighted by Gasteiger charge is 2.20. The Bertz CT molecular complexity index is 1630. The van der Waals surface area contributed by atoms with Gasteiger partial charge in [0, 0.05) is 23.8 Å². The fourth-order valence-electron chi connectivity index (χ4n) is 4.67. The van der Waals surface area contributed by atoms with Gasteiger partial charge >= 0.3 is 0 Å². The van der Waals surface area contributed by atoms with E-state index in [9.17, 15) is 0 Å². The molecule has 0 aliphatic rings. The minimum Gasteiger partial charge on any atom is -0.306 e. The summed E-state index contributed by atoms with van der Waals surface area (Å²) >= 11 is 0. The lowest BCUT2D eigenvalue weighted by molar-refractivity contribution is 1.16. The van der Waals surface area contributed by atoms with Crippen LogP contribution in [0.1, 0.15) is 0 Å². The summed E-state index contributed by atoms with van der Waals surface area (Å²) in [4.78, 5) is 14.6. The second-order valence-corrected chi connectivity index (χ2v) is 7.81. The molecular weight excluding hydrogens is 394 g/mol. The molecule has 5 heterocycles. The van der Waals surface area contributed by atoms with Gasteiger partial charge in [-0.05, 0) is 54.6 Å². The summed E-state index contributed by atoms with van der Waals surface area (Å²) in [7, 11) is 0. The lowest BCUT2D eigenvalue weighted by Gasteiger charge is -2.09. The Hall–Kier alpha value is -4.51. The molecule has 7 aromatic rings. The van der Waals surface area contributed by atoms with E-state index in [0.717, 1.165) is 55.5 Å². The third-order valence-corrected chi connectivity index (χ3v) is 6.00. The second-order valence-electron chi connectivity index (χ2n) is 7.81. The van der Waals surface area contributed by atoms with Crippen LogP contribution >= 0.6 is 0 Å². The molecular formula is C27H17N5. The average molecular weight is 411 g/mol. The summed E-state index contributed by atoms with van der Waals surface area (Å²) in [5.74, 6) is 0. The van der Waals surface area contributed by atoms with Crippen molar-refractivity contribution in [3.8, 4) is 11.4 Å². The Morgan fingerprint density at radius 1 is 0.438 bits per heavy atom. The zero-order valence-electron chi connectivity index (χ0n) is 17.1. The third kappa shape index (κ3) is 2.30. The van der Waals surface area contributed by atoms with E-state index < -0.39 is 0 Å². The number of pyridine rings is 3. The number of nitrogens with zero attached hydrogens (tertiary/aromatic N) is 5. The second kappa shape index (κ2) is 6.49. The van der Waals surface area contributed by atoms with E-state index in [0.29, 0.717) is 0 Å². The fraction of sp³-hybridized carbons (Fsp3) is 0. The highest BCUT2D eigenvalue weighted by molar-refractivity contribution is 6.13. The molecule has 0 unspecified atom stereocenters. The summed E-state index contributed by atoms with van der Waals surface area (Å²) in [6.45, 7) is 0. The van der Waals surface area contributed by atoms with Crippen LogP contribution in [0.2, 0.25) is 0 Å². The van der Waals surface area contributed by atoms with Crippen molar-refractivity contribution in [3.63, 3.8) is 0 Å². The molecule has 0 aliphatic carbocycles. The number of para-hydroxylation sites is 2. The van der Waals surface area contributed by atoms with Gasteiger partial charge in [0.1, 0.15) is 22.1 Å². The van der Waals surface area contributed by atoms with E-state index in [1.54, 1.807) is 0 Å². The summed E-state index contributed by atoms with van der Waals surface area (Å²) < 4.78 is 4.48. The van der Waals surface area contributed by atoms with Gasteiger partial charge in [-0.1, -0.05) is 36.4 Å². The van der Waals surface area contributed by atoms with Gasteiger partial charge in [0.25, 0.3) is 0 Å². The van der Waals surface area contributed by atoms with Crippen LogP contribution in [-0.2, 0) is 0 Å². The van der Waals surface area contributed by atoms with Crippen molar-refractivity contribution in [2.45, 2.75) is 0 Å². The number of aromatic nitrogens is 5. The molecule has 0 spiro atoms. The molecule has 0 amide bonds. The highest BCUT2D eigenvalue weighted by Crippen LogP contribution is 2.36. The molecule has 7 rings (SSSR count). The lowest BCUT2D eigenvalue weighted by Crippen LogP contribution is -1.96. The quantitative estimate of drug-likeness (QED) is 0.347. The van der Waals surface area contributed by atoms with E-state index in [4.69, 9.17) is 15.0 Å². The normalized spacial score (nSPS) is 11.8. The first kappa shape index (κ1) is 17.2. The number of hydrogen-bond acceptors (Lipinski definition) is 3. The predicted octanol–water partition coefficient (Wildman–Crippen LogP) is 6.07. The van der Waals surface area contributed by atoms with Crippen LogP contribution in [0.5, 0.6) is 0 Å². The molecule has 2 aromatic carbocycles. The third-order valence-electron chi connectivity index (χ3n) is 6.00. The molecule has 150 valence electrons. The van der Waals surface area contributed by atoms with Crippen LogP contribution in [0.25, 0.3) is 55.5 Å². The topological polar surface area (TPSA) is 48.5 Å². The fourth-order valence-corrected chi connectivity index (χ4v) is 4.67. The van der Waals surface area contributed by atoms with E-state index in [2.05, 4.69) is 75.9 Å². The average Bonchev–Trinajstić information content (AvgIpc) is 3.36. The van der Waals surface area contributed by atoms with Crippen LogP contribution < -0.4 is 0 Å². The lowest BCUT2D eigenvalue weighted by atomic mass is 10.2. The predicted molar refractivity (Wildman–Crippen MR) is 129 cm³/mol. The van der Waals surface area contributed by atoms with Crippen molar-refractivity contribution in [1.82, 2.24) is 24.1 Å². The van der Waals surface area contributed by atoms with Crippen LogP contribution in [0.4, 0.5) is 0 Å². The zero-order valence-corrected chi connectivity index (χ0v) is 17.1. The van der Waals surface area contributed by atoms with E-state index in [1.807, 2.05) is 36.7 Å².